The largest absolute Gasteiger partial charge is 0.469 e. The van der Waals surface area contributed by atoms with Gasteiger partial charge in [-0.15, -0.1) is 0 Å². The van der Waals surface area contributed by atoms with Crippen molar-refractivity contribution in [1.82, 2.24) is 0 Å². The van der Waals surface area contributed by atoms with Crippen LogP contribution in [0.15, 0.2) is 23.3 Å². The average Bonchev–Trinajstić information content (AvgIpc) is 2.85. The average molecular weight is 632 g/mol. The Bertz CT molecular complexity index is 1250. The number of carbonyl (C=O) groups excluding carboxylic acids is 3. The molecule has 0 aromatic rings. The van der Waals surface area contributed by atoms with Crippen LogP contribution in [0.4, 0.5) is 0 Å². The van der Waals surface area contributed by atoms with Gasteiger partial charge in [-0.3, -0.25) is 14.4 Å². The molecule has 0 aromatic heterocycles. The van der Waals surface area contributed by atoms with Gasteiger partial charge in [-0.1, -0.05) is 77.1 Å². The maximum absolute atomic E-state index is 14.5. The Morgan fingerprint density at radius 2 is 1.63 bits per heavy atom. The highest BCUT2D eigenvalue weighted by molar-refractivity contribution is 14.1. The number of allylic oxidation sites excluding steroid dienone is 4. The van der Waals surface area contributed by atoms with E-state index in [4.69, 9.17) is 4.74 Å². The zero-order chi connectivity index (χ0) is 28.3. The van der Waals surface area contributed by atoms with Crippen molar-refractivity contribution in [1.29, 1.82) is 5.26 Å². The summed E-state index contributed by atoms with van der Waals surface area (Å²) in [5.41, 5.74) is -1.27. The van der Waals surface area contributed by atoms with Crippen LogP contribution in [-0.4, -0.2) is 28.1 Å². The van der Waals surface area contributed by atoms with Crippen molar-refractivity contribution in [3.8, 4) is 6.07 Å². The molecular weight excluding hydrogens is 589 g/mol. The molecule has 38 heavy (non-hydrogen) atoms. The summed E-state index contributed by atoms with van der Waals surface area (Å²) in [6, 6.07) is 2.18. The van der Waals surface area contributed by atoms with E-state index in [0.717, 1.165) is 50.5 Å². The molecule has 0 aliphatic heterocycles. The molecule has 3 fully saturated rings. The first-order valence-electron chi connectivity index (χ1n) is 14.1. The lowest BCUT2D eigenvalue weighted by molar-refractivity contribution is -0.190. The number of methoxy groups -OCH3 is 1. The summed E-state index contributed by atoms with van der Waals surface area (Å²) in [7, 11) is 1.48. The van der Waals surface area contributed by atoms with Crippen LogP contribution >= 0.6 is 22.6 Å². The van der Waals surface area contributed by atoms with E-state index in [2.05, 4.69) is 63.3 Å². The Labute approximate surface area is 241 Å². The van der Waals surface area contributed by atoms with Gasteiger partial charge in [0.05, 0.1) is 18.1 Å². The van der Waals surface area contributed by atoms with E-state index >= 15 is 0 Å². The van der Waals surface area contributed by atoms with Crippen molar-refractivity contribution in [2.75, 3.05) is 7.11 Å². The van der Waals surface area contributed by atoms with E-state index in [-0.39, 0.29) is 51.2 Å². The molecule has 5 nitrogen and oxygen atoms in total. The van der Waals surface area contributed by atoms with E-state index in [1.54, 1.807) is 0 Å². The van der Waals surface area contributed by atoms with Crippen LogP contribution in [-0.2, 0) is 19.1 Å². The molecule has 0 radical (unpaired) electrons. The lowest BCUT2D eigenvalue weighted by atomic mass is 9.34. The second-order valence-electron chi connectivity index (χ2n) is 14.9. The number of nitrogens with zero attached hydrogens (tertiary/aromatic N) is 1. The number of fused-ring (bicyclic) bond motifs is 7. The number of halogens is 1. The first-order valence-corrected chi connectivity index (χ1v) is 15.2. The molecule has 0 bridgehead atoms. The summed E-state index contributed by atoms with van der Waals surface area (Å²) < 4.78 is 4.96. The quantitative estimate of drug-likeness (QED) is 0.178. The number of Topliss-reactive ketones (excluding diaryl/α,β-unsaturated/α-hetero) is 1. The lowest BCUT2D eigenvalue weighted by Gasteiger charge is -2.70. The minimum Gasteiger partial charge on any atom is -0.469 e. The number of hydrogen-bond donors (Lipinski definition) is 0. The fourth-order valence-corrected chi connectivity index (χ4v) is 11.0. The number of rotatable bonds is 1. The van der Waals surface area contributed by atoms with Gasteiger partial charge in [0.1, 0.15) is 6.07 Å². The molecule has 1 unspecified atom stereocenters. The third kappa shape index (κ3) is 3.06. The molecule has 3 saturated carbocycles. The van der Waals surface area contributed by atoms with Crippen molar-refractivity contribution in [2.24, 2.45) is 44.3 Å². The first kappa shape index (κ1) is 28.1. The molecule has 0 aromatic carbocycles. The van der Waals surface area contributed by atoms with Gasteiger partial charge in [0.2, 0.25) is 0 Å². The van der Waals surface area contributed by atoms with Crippen LogP contribution in [0.5, 0.6) is 0 Å². The number of nitriles is 1. The fraction of sp³-hybridized carbons (Fsp3) is 0.750. The number of hydrogen-bond acceptors (Lipinski definition) is 5. The number of carbonyl (C=O) groups is 3. The third-order valence-electron chi connectivity index (χ3n) is 12.7. The van der Waals surface area contributed by atoms with Gasteiger partial charge >= 0.3 is 5.97 Å². The molecular formula is C32H42INO4. The minimum atomic E-state index is -0.745. The maximum atomic E-state index is 14.5. The van der Waals surface area contributed by atoms with Crippen LogP contribution in [0.3, 0.4) is 0 Å². The van der Waals surface area contributed by atoms with Gasteiger partial charge in [0.15, 0.2) is 11.6 Å². The number of ketones is 2. The normalized spacial score (nSPS) is 46.7. The van der Waals surface area contributed by atoms with Gasteiger partial charge in [0.25, 0.3) is 0 Å². The van der Waals surface area contributed by atoms with Crippen LogP contribution in [0.25, 0.3) is 0 Å². The van der Waals surface area contributed by atoms with E-state index in [0.29, 0.717) is 0 Å². The molecule has 0 saturated heterocycles. The van der Waals surface area contributed by atoms with Gasteiger partial charge in [-0.2, -0.15) is 5.26 Å². The van der Waals surface area contributed by atoms with Crippen molar-refractivity contribution < 1.29 is 19.1 Å². The van der Waals surface area contributed by atoms with Crippen LogP contribution in [0.2, 0.25) is 0 Å². The van der Waals surface area contributed by atoms with Crippen molar-refractivity contribution in [3.05, 3.63) is 23.3 Å². The zero-order valence-electron chi connectivity index (χ0n) is 24.2. The van der Waals surface area contributed by atoms with E-state index in [1.165, 1.54) is 7.11 Å². The standard InChI is InChI=1S/C32H42INO4/c1-26(2)9-12-31(25(37)38-8)13-10-29(6)23(20(31)17-26)21(35)15-22-28(29,5)11-14-32(33)27(3,4)24(36)19(18-34)16-30(22,32)7/h15-16,20,23H,9-14,17H2,1-8H3/t20?,23-,28+,29+,30+,31-,32+/m0/s1. The van der Waals surface area contributed by atoms with E-state index < -0.39 is 19.7 Å². The summed E-state index contributed by atoms with van der Waals surface area (Å²) >= 11 is 2.49. The monoisotopic (exact) mass is 631 g/mol. The van der Waals surface area contributed by atoms with Gasteiger partial charge < -0.3 is 4.74 Å². The Balaban J connectivity index is 1.73. The number of ether oxygens (including phenoxy) is 1. The summed E-state index contributed by atoms with van der Waals surface area (Å²) in [4.78, 5) is 41.3. The van der Waals surface area contributed by atoms with Crippen molar-refractivity contribution in [2.45, 2.75) is 96.8 Å². The Morgan fingerprint density at radius 3 is 2.24 bits per heavy atom. The summed E-state index contributed by atoms with van der Waals surface area (Å²) in [6.07, 6.45) is 9.54. The summed E-state index contributed by atoms with van der Waals surface area (Å²) in [5.74, 6) is -0.463. The second-order valence-corrected chi connectivity index (χ2v) is 16.8. The van der Waals surface area contributed by atoms with Gasteiger partial charge in [0, 0.05) is 20.2 Å². The Hall–Kier alpha value is -1.49. The fourth-order valence-electron chi connectivity index (χ4n) is 10.0. The van der Waals surface area contributed by atoms with Crippen LogP contribution < -0.4 is 0 Å². The van der Waals surface area contributed by atoms with Crippen LogP contribution in [0.1, 0.15) is 93.4 Å². The van der Waals surface area contributed by atoms with Gasteiger partial charge in [-0.05, 0) is 78.8 Å². The smallest absolute Gasteiger partial charge is 0.312 e. The molecule has 0 spiro atoms. The van der Waals surface area contributed by atoms with E-state index in [9.17, 15) is 19.6 Å². The molecule has 0 N–H and O–H groups in total. The first-order chi connectivity index (χ1) is 17.4. The maximum Gasteiger partial charge on any atom is 0.312 e. The highest BCUT2D eigenvalue weighted by Crippen LogP contribution is 2.76. The third-order valence-corrected chi connectivity index (χ3v) is 15.7. The zero-order valence-corrected chi connectivity index (χ0v) is 26.4. The van der Waals surface area contributed by atoms with Crippen molar-refractivity contribution >= 4 is 40.1 Å². The minimum absolute atomic E-state index is 0.0553. The SMILES string of the molecule is COC(=O)[C@]12CCC(C)(C)CC1[C@H]1C(=O)C=C3[C@@]4(C)C=C(C#N)C(=O)C(C)(C)[C@]4(I)CC[C@@]3(C)[C@]1(C)CC2. The molecule has 0 amide bonds. The van der Waals surface area contributed by atoms with Crippen LogP contribution in [0, 0.1) is 55.7 Å². The molecule has 0 heterocycles. The second kappa shape index (κ2) is 8.04. The topological polar surface area (TPSA) is 84.2 Å². The number of alkyl halides is 1. The lowest BCUT2D eigenvalue weighted by Crippen LogP contribution is -2.69. The molecule has 5 aliphatic carbocycles. The predicted molar refractivity (Wildman–Crippen MR) is 154 cm³/mol. The summed E-state index contributed by atoms with van der Waals surface area (Å²) in [5, 5.41) is 9.94. The predicted octanol–water partition coefficient (Wildman–Crippen LogP) is 6.94. The Kier molecular flexibility index (Phi) is 5.94. The molecule has 6 heteroatoms. The molecule has 5 aliphatic rings. The number of esters is 1. The molecule has 5 rings (SSSR count). The molecule has 206 valence electrons. The van der Waals surface area contributed by atoms with E-state index in [1.807, 2.05) is 26.0 Å². The highest BCUT2D eigenvalue weighted by Gasteiger charge is 2.74. The van der Waals surface area contributed by atoms with Crippen molar-refractivity contribution in [3.63, 3.8) is 0 Å². The van der Waals surface area contributed by atoms with Gasteiger partial charge in [-0.25, -0.2) is 0 Å². The highest BCUT2D eigenvalue weighted by atomic mass is 127. The molecule has 7 atom stereocenters. The Morgan fingerprint density at radius 1 is 1.00 bits per heavy atom. The summed E-state index contributed by atoms with van der Waals surface area (Å²) in [6.45, 7) is 15.2.